The summed E-state index contributed by atoms with van der Waals surface area (Å²) in [4.78, 5) is 4.51. The predicted molar refractivity (Wildman–Crippen MR) is 73.6 cm³/mol. The van der Waals surface area contributed by atoms with E-state index in [4.69, 9.17) is 5.48 Å². The van der Waals surface area contributed by atoms with Gasteiger partial charge in [-0.3, -0.25) is 4.98 Å². The molecule has 2 aromatic rings. The number of nitrogens with zero attached hydrogens (tertiary/aromatic N) is 1. The molecule has 1 nitrogen and oxygen atoms in total. The molecule has 0 radical (unpaired) electrons. The van der Waals surface area contributed by atoms with Gasteiger partial charge in [0, 0.05) is 11.8 Å². The van der Waals surface area contributed by atoms with Crippen LogP contribution in [0.5, 0.6) is 0 Å². The summed E-state index contributed by atoms with van der Waals surface area (Å²) in [6, 6.07) is 3.15. The smallest absolute Gasteiger partial charge is 0.0705 e. The van der Waals surface area contributed by atoms with Crippen molar-refractivity contribution in [1.29, 1.82) is 0 Å². The zero-order valence-electron chi connectivity index (χ0n) is 14.2. The van der Waals surface area contributed by atoms with Crippen molar-refractivity contribution in [1.82, 2.24) is 4.98 Å². The summed E-state index contributed by atoms with van der Waals surface area (Å²) in [6.45, 7) is 0. The van der Waals surface area contributed by atoms with Crippen molar-refractivity contribution in [2.75, 3.05) is 0 Å². The summed E-state index contributed by atoms with van der Waals surface area (Å²) in [7, 11) is 0. The standard InChI is InChI=1S/C17H17N/c1-2-4-14(5-3-1)17-10-15-12-6-8-13(9-7-12)16(15)11-18-17/h1-5,10-13H,6-9H2/i1D,2D,3D,4D. The summed E-state index contributed by atoms with van der Waals surface area (Å²) in [6.07, 6.45) is 6.90. The minimum Gasteiger partial charge on any atom is -0.256 e. The molecule has 1 aromatic heterocycles. The van der Waals surface area contributed by atoms with Crippen LogP contribution >= 0.6 is 0 Å². The van der Waals surface area contributed by atoms with Crippen molar-refractivity contribution < 1.29 is 5.48 Å². The molecule has 0 aliphatic heterocycles. The third kappa shape index (κ3) is 1.50. The number of hydrogen-bond acceptors (Lipinski definition) is 1. The van der Waals surface area contributed by atoms with E-state index in [0.717, 1.165) is 0 Å². The Balaban J connectivity index is 1.87. The summed E-state index contributed by atoms with van der Waals surface area (Å²) < 4.78 is 31.4. The monoisotopic (exact) mass is 239 g/mol. The van der Waals surface area contributed by atoms with Gasteiger partial charge in [0.15, 0.2) is 0 Å². The van der Waals surface area contributed by atoms with E-state index in [0.29, 0.717) is 23.1 Å². The van der Waals surface area contributed by atoms with Crippen LogP contribution < -0.4 is 0 Å². The van der Waals surface area contributed by atoms with Gasteiger partial charge in [-0.25, -0.2) is 0 Å². The molecule has 5 rings (SSSR count). The zero-order valence-corrected chi connectivity index (χ0v) is 10.2. The second-order valence-electron chi connectivity index (χ2n) is 5.32. The van der Waals surface area contributed by atoms with Crippen LogP contribution in [0.3, 0.4) is 0 Å². The lowest BCUT2D eigenvalue weighted by Gasteiger charge is -2.38. The SMILES string of the molecule is [2H]c1cc(-c2cc3c(cn2)C2CCC3CC2)c([2H])c([2H])c1[2H]. The van der Waals surface area contributed by atoms with Crippen molar-refractivity contribution in [2.24, 2.45) is 0 Å². The largest absolute Gasteiger partial charge is 0.256 e. The topological polar surface area (TPSA) is 12.9 Å². The van der Waals surface area contributed by atoms with E-state index in [1.54, 1.807) is 0 Å². The van der Waals surface area contributed by atoms with E-state index < -0.39 is 0 Å². The molecule has 18 heavy (non-hydrogen) atoms. The Morgan fingerprint density at radius 1 is 1.00 bits per heavy atom. The third-order valence-electron chi connectivity index (χ3n) is 4.40. The Kier molecular flexibility index (Phi) is 1.55. The van der Waals surface area contributed by atoms with E-state index in [-0.39, 0.29) is 24.2 Å². The van der Waals surface area contributed by atoms with E-state index in [2.05, 4.69) is 11.1 Å². The van der Waals surface area contributed by atoms with Crippen LogP contribution in [0.25, 0.3) is 11.3 Å². The van der Waals surface area contributed by atoms with E-state index in [1.807, 2.05) is 6.20 Å². The number of benzene rings is 1. The fraction of sp³-hybridized carbons (Fsp3) is 0.353. The van der Waals surface area contributed by atoms with Crippen LogP contribution in [0.2, 0.25) is 0 Å². The molecule has 1 fully saturated rings. The average molecular weight is 239 g/mol. The lowest BCUT2D eigenvalue weighted by molar-refractivity contribution is 0.358. The summed E-state index contributed by atoms with van der Waals surface area (Å²) in [5.74, 6) is 1.23. The summed E-state index contributed by atoms with van der Waals surface area (Å²) in [5, 5.41) is 0. The summed E-state index contributed by atoms with van der Waals surface area (Å²) in [5.41, 5.74) is 3.86. The van der Waals surface area contributed by atoms with Crippen molar-refractivity contribution in [2.45, 2.75) is 37.5 Å². The van der Waals surface area contributed by atoms with Crippen LogP contribution in [0.4, 0.5) is 0 Å². The number of hydrogen-bond donors (Lipinski definition) is 0. The number of aromatic nitrogens is 1. The fourth-order valence-corrected chi connectivity index (χ4v) is 3.46. The van der Waals surface area contributed by atoms with Gasteiger partial charge in [-0.2, -0.15) is 0 Å². The molecule has 1 heterocycles. The Labute approximate surface area is 114 Å². The molecular formula is C17H17N. The van der Waals surface area contributed by atoms with E-state index in [1.165, 1.54) is 42.9 Å². The van der Waals surface area contributed by atoms with Gasteiger partial charge in [-0.15, -0.1) is 0 Å². The first-order chi connectivity index (χ1) is 10.6. The lowest BCUT2D eigenvalue weighted by Crippen LogP contribution is -2.21. The second-order valence-corrected chi connectivity index (χ2v) is 5.32. The highest BCUT2D eigenvalue weighted by atomic mass is 14.7. The Morgan fingerprint density at radius 3 is 2.61 bits per heavy atom. The molecule has 0 unspecified atom stereocenters. The molecule has 1 aromatic carbocycles. The normalized spacial score (nSPS) is 28.0. The van der Waals surface area contributed by atoms with Gasteiger partial charge in [0.1, 0.15) is 0 Å². The first-order valence-electron chi connectivity index (χ1n) is 8.64. The van der Waals surface area contributed by atoms with Gasteiger partial charge in [0.2, 0.25) is 0 Å². The first kappa shape index (κ1) is 7.08. The molecule has 1 heteroatoms. The maximum absolute atomic E-state index is 8.08. The highest BCUT2D eigenvalue weighted by Gasteiger charge is 2.33. The molecule has 2 bridgehead atoms. The quantitative estimate of drug-likeness (QED) is 0.714. The van der Waals surface area contributed by atoms with Gasteiger partial charge < -0.3 is 0 Å². The Bertz CT molecular complexity index is 764. The molecule has 0 saturated heterocycles. The van der Waals surface area contributed by atoms with Crippen LogP contribution in [-0.2, 0) is 0 Å². The molecule has 0 N–H and O–H groups in total. The maximum atomic E-state index is 8.08. The molecule has 1 saturated carbocycles. The molecule has 3 aliphatic rings. The number of fused-ring (bicyclic) bond motifs is 2. The van der Waals surface area contributed by atoms with Gasteiger partial charge in [-0.05, 0) is 54.7 Å². The van der Waals surface area contributed by atoms with Crippen LogP contribution in [0.1, 0.15) is 54.1 Å². The minimum absolute atomic E-state index is 0.00517. The van der Waals surface area contributed by atoms with Crippen molar-refractivity contribution in [3.8, 4) is 11.3 Å². The fourth-order valence-electron chi connectivity index (χ4n) is 3.46. The minimum atomic E-state index is -0.191. The van der Waals surface area contributed by atoms with Gasteiger partial charge in [0.05, 0.1) is 11.2 Å². The molecular weight excluding hydrogens is 218 g/mol. The van der Waals surface area contributed by atoms with Crippen molar-refractivity contribution in [3.05, 3.63) is 53.6 Å². The Hall–Kier alpha value is -1.63. The predicted octanol–water partition coefficient (Wildman–Crippen LogP) is 4.50. The van der Waals surface area contributed by atoms with Crippen molar-refractivity contribution in [3.63, 3.8) is 0 Å². The van der Waals surface area contributed by atoms with Gasteiger partial charge >= 0.3 is 0 Å². The molecule has 3 aliphatic carbocycles. The van der Waals surface area contributed by atoms with E-state index in [9.17, 15) is 0 Å². The molecule has 0 atom stereocenters. The van der Waals surface area contributed by atoms with Crippen LogP contribution in [0.15, 0.2) is 42.5 Å². The maximum Gasteiger partial charge on any atom is 0.0705 e. The molecule has 0 amide bonds. The first-order valence-corrected chi connectivity index (χ1v) is 6.64. The second kappa shape index (κ2) is 3.94. The molecule has 0 spiro atoms. The molecule has 90 valence electrons. The highest BCUT2D eigenvalue weighted by molar-refractivity contribution is 5.61. The van der Waals surface area contributed by atoms with Crippen LogP contribution in [-0.4, -0.2) is 4.98 Å². The van der Waals surface area contributed by atoms with Gasteiger partial charge in [0.25, 0.3) is 0 Å². The van der Waals surface area contributed by atoms with Crippen LogP contribution in [0, 0.1) is 0 Å². The van der Waals surface area contributed by atoms with Crippen molar-refractivity contribution >= 4 is 0 Å². The number of pyridine rings is 1. The lowest BCUT2D eigenvalue weighted by atomic mass is 9.67. The summed E-state index contributed by atoms with van der Waals surface area (Å²) >= 11 is 0. The van der Waals surface area contributed by atoms with Gasteiger partial charge in [-0.1, -0.05) is 30.2 Å². The average Bonchev–Trinajstić information content (AvgIpc) is 2.57. The third-order valence-corrected chi connectivity index (χ3v) is 4.40. The Morgan fingerprint density at radius 2 is 1.78 bits per heavy atom. The van der Waals surface area contributed by atoms with E-state index >= 15 is 0 Å². The highest BCUT2D eigenvalue weighted by Crippen LogP contribution is 2.49. The zero-order chi connectivity index (χ0) is 15.4. The number of rotatable bonds is 1.